The van der Waals surface area contributed by atoms with E-state index in [1.807, 2.05) is 0 Å². The molecule has 1 saturated heterocycles. The molecule has 0 spiro atoms. The van der Waals surface area contributed by atoms with Gasteiger partial charge in [0.1, 0.15) is 11.4 Å². The molecule has 1 aliphatic rings. The fourth-order valence-electron chi connectivity index (χ4n) is 2.76. The van der Waals surface area contributed by atoms with Crippen LogP contribution in [0.3, 0.4) is 0 Å². The molecule has 2 aromatic rings. The first-order valence-electron chi connectivity index (χ1n) is 7.97. The van der Waals surface area contributed by atoms with Crippen molar-refractivity contribution in [1.29, 1.82) is 0 Å². The third-order valence-corrected chi connectivity index (χ3v) is 4.68. The van der Waals surface area contributed by atoms with Gasteiger partial charge in [-0.05, 0) is 30.3 Å². The third kappa shape index (κ3) is 3.87. The van der Waals surface area contributed by atoms with Crippen LogP contribution in [0, 0.1) is 5.82 Å². The van der Waals surface area contributed by atoms with Crippen molar-refractivity contribution in [3.05, 3.63) is 51.8 Å². The van der Waals surface area contributed by atoms with Gasteiger partial charge in [-0.3, -0.25) is 4.79 Å². The summed E-state index contributed by atoms with van der Waals surface area (Å²) in [7, 11) is 1.38. The fourth-order valence-corrected chi connectivity index (χ4v) is 3.23. The number of anilines is 2. The molecular formula is C18H17Cl2FN2O3. The van der Waals surface area contributed by atoms with Crippen molar-refractivity contribution in [2.75, 3.05) is 43.6 Å². The molecule has 26 heavy (non-hydrogen) atoms. The highest BCUT2D eigenvalue weighted by atomic mass is 35.5. The van der Waals surface area contributed by atoms with Gasteiger partial charge < -0.3 is 19.7 Å². The number of amides is 1. The van der Waals surface area contributed by atoms with E-state index in [0.717, 1.165) is 5.69 Å². The number of carbonyl (C=O) groups is 1. The van der Waals surface area contributed by atoms with Crippen molar-refractivity contribution >= 4 is 40.5 Å². The molecule has 1 N–H and O–H groups in total. The first kappa shape index (κ1) is 18.8. The first-order valence-corrected chi connectivity index (χ1v) is 8.72. The Morgan fingerprint density at radius 1 is 1.19 bits per heavy atom. The van der Waals surface area contributed by atoms with Crippen LogP contribution in [0.2, 0.25) is 10.0 Å². The normalized spacial score (nSPS) is 14.2. The van der Waals surface area contributed by atoms with Gasteiger partial charge in [0.2, 0.25) is 0 Å². The predicted octanol–water partition coefficient (Wildman–Crippen LogP) is 4.23. The van der Waals surface area contributed by atoms with E-state index >= 15 is 0 Å². The summed E-state index contributed by atoms with van der Waals surface area (Å²) in [5, 5.41) is 2.95. The molecular weight excluding hydrogens is 382 g/mol. The molecule has 3 rings (SSSR count). The highest BCUT2D eigenvalue weighted by Crippen LogP contribution is 2.34. The molecule has 5 nitrogen and oxygen atoms in total. The van der Waals surface area contributed by atoms with Crippen LogP contribution in [-0.2, 0) is 4.74 Å². The molecule has 1 fully saturated rings. The molecule has 2 aromatic carbocycles. The van der Waals surface area contributed by atoms with Crippen LogP contribution >= 0.6 is 23.2 Å². The number of rotatable bonds is 4. The highest BCUT2D eigenvalue weighted by Gasteiger charge is 2.21. The second-order valence-electron chi connectivity index (χ2n) is 5.66. The monoisotopic (exact) mass is 398 g/mol. The largest absolute Gasteiger partial charge is 0.494 e. The van der Waals surface area contributed by atoms with Gasteiger partial charge in [0, 0.05) is 18.8 Å². The lowest BCUT2D eigenvalue weighted by atomic mass is 10.1. The maximum atomic E-state index is 14.2. The van der Waals surface area contributed by atoms with Gasteiger partial charge in [0.05, 0.1) is 36.1 Å². The molecule has 0 aliphatic carbocycles. The standard InChI is InChI=1S/C18H17Cl2FN2O3/c1-25-17-13(20)4-3-12(19)16(17)18(24)22-15-10-11(2-5-14(15)21)23-6-8-26-9-7-23/h2-5,10H,6-9H2,1H3,(H,22,24). The second-order valence-corrected chi connectivity index (χ2v) is 6.47. The van der Waals surface area contributed by atoms with Crippen LogP contribution in [0.15, 0.2) is 30.3 Å². The fraction of sp³-hybridized carbons (Fsp3) is 0.278. The zero-order valence-corrected chi connectivity index (χ0v) is 15.5. The third-order valence-electron chi connectivity index (χ3n) is 4.06. The Bertz CT molecular complexity index is 826. The lowest BCUT2D eigenvalue weighted by Crippen LogP contribution is -2.36. The predicted molar refractivity (Wildman–Crippen MR) is 100 cm³/mol. The lowest BCUT2D eigenvalue weighted by molar-refractivity contribution is 0.102. The zero-order chi connectivity index (χ0) is 18.7. The van der Waals surface area contributed by atoms with Crippen LogP contribution in [0.25, 0.3) is 0 Å². The second kappa shape index (κ2) is 8.12. The SMILES string of the molecule is COc1c(Cl)ccc(Cl)c1C(=O)Nc1cc(N2CCOCC2)ccc1F. The van der Waals surface area contributed by atoms with E-state index in [2.05, 4.69) is 10.2 Å². The minimum absolute atomic E-state index is 0.0529. The van der Waals surface area contributed by atoms with Gasteiger partial charge in [0.25, 0.3) is 5.91 Å². The summed E-state index contributed by atoms with van der Waals surface area (Å²) in [5.74, 6) is -1.01. The Morgan fingerprint density at radius 2 is 1.88 bits per heavy atom. The van der Waals surface area contributed by atoms with Crippen LogP contribution in [0.1, 0.15) is 10.4 Å². The first-order chi connectivity index (χ1) is 12.5. The van der Waals surface area contributed by atoms with Gasteiger partial charge in [-0.25, -0.2) is 4.39 Å². The number of morpholine rings is 1. The average Bonchev–Trinajstić information content (AvgIpc) is 2.65. The summed E-state index contributed by atoms with van der Waals surface area (Å²) >= 11 is 12.2. The highest BCUT2D eigenvalue weighted by molar-refractivity contribution is 6.37. The van der Waals surface area contributed by atoms with E-state index in [0.29, 0.717) is 26.3 Å². The average molecular weight is 399 g/mol. The number of hydrogen-bond acceptors (Lipinski definition) is 4. The van der Waals surface area contributed by atoms with E-state index in [9.17, 15) is 9.18 Å². The van der Waals surface area contributed by atoms with Gasteiger partial charge in [-0.15, -0.1) is 0 Å². The number of methoxy groups -OCH3 is 1. The van der Waals surface area contributed by atoms with Crippen molar-refractivity contribution in [3.63, 3.8) is 0 Å². The maximum Gasteiger partial charge on any atom is 0.261 e. The topological polar surface area (TPSA) is 50.8 Å². The molecule has 1 amide bonds. The van der Waals surface area contributed by atoms with Crippen LogP contribution in [0.5, 0.6) is 5.75 Å². The van der Waals surface area contributed by atoms with Gasteiger partial charge in [-0.2, -0.15) is 0 Å². The van der Waals surface area contributed by atoms with Crippen molar-refractivity contribution in [3.8, 4) is 5.75 Å². The number of nitrogens with one attached hydrogen (secondary N) is 1. The quantitative estimate of drug-likeness (QED) is 0.836. The van der Waals surface area contributed by atoms with Crippen molar-refractivity contribution in [1.82, 2.24) is 0 Å². The van der Waals surface area contributed by atoms with E-state index in [1.54, 1.807) is 12.1 Å². The lowest BCUT2D eigenvalue weighted by Gasteiger charge is -2.29. The van der Waals surface area contributed by atoms with Crippen LogP contribution < -0.4 is 15.0 Å². The molecule has 1 heterocycles. The molecule has 1 aliphatic heterocycles. The molecule has 138 valence electrons. The maximum absolute atomic E-state index is 14.2. The minimum atomic E-state index is -0.604. The van der Waals surface area contributed by atoms with Gasteiger partial charge in [0.15, 0.2) is 5.75 Å². The molecule has 8 heteroatoms. The Balaban J connectivity index is 1.89. The minimum Gasteiger partial charge on any atom is -0.494 e. The Labute approximate surface area is 160 Å². The summed E-state index contributed by atoms with van der Waals surface area (Å²) in [6, 6.07) is 7.59. The summed E-state index contributed by atoms with van der Waals surface area (Å²) in [6.07, 6.45) is 0. The Hall–Kier alpha value is -2.02. The number of carbonyl (C=O) groups excluding carboxylic acids is 1. The van der Waals surface area contributed by atoms with E-state index in [-0.39, 0.29) is 27.0 Å². The zero-order valence-electron chi connectivity index (χ0n) is 14.0. The Morgan fingerprint density at radius 3 is 2.58 bits per heavy atom. The van der Waals surface area contributed by atoms with Crippen molar-refractivity contribution in [2.45, 2.75) is 0 Å². The van der Waals surface area contributed by atoms with Crippen LogP contribution in [-0.4, -0.2) is 39.3 Å². The molecule has 0 aromatic heterocycles. The van der Waals surface area contributed by atoms with Gasteiger partial charge >= 0.3 is 0 Å². The van der Waals surface area contributed by atoms with Crippen molar-refractivity contribution in [2.24, 2.45) is 0 Å². The van der Waals surface area contributed by atoms with Crippen LogP contribution in [0.4, 0.5) is 15.8 Å². The van der Waals surface area contributed by atoms with Crippen molar-refractivity contribution < 1.29 is 18.7 Å². The molecule has 0 saturated carbocycles. The summed E-state index contributed by atoms with van der Waals surface area (Å²) in [4.78, 5) is 14.7. The molecule has 0 bridgehead atoms. The number of halogens is 3. The summed E-state index contributed by atoms with van der Waals surface area (Å²) in [6.45, 7) is 2.61. The number of nitrogens with zero attached hydrogens (tertiary/aromatic N) is 1. The van der Waals surface area contributed by atoms with E-state index in [1.165, 1.54) is 25.3 Å². The molecule has 0 atom stereocenters. The summed E-state index contributed by atoms with van der Waals surface area (Å²) < 4.78 is 24.7. The number of benzene rings is 2. The summed E-state index contributed by atoms with van der Waals surface area (Å²) in [5.41, 5.74) is 0.907. The smallest absolute Gasteiger partial charge is 0.261 e. The molecule has 0 unspecified atom stereocenters. The van der Waals surface area contributed by atoms with E-state index < -0.39 is 11.7 Å². The number of ether oxygens (including phenoxy) is 2. The molecule has 0 radical (unpaired) electrons. The van der Waals surface area contributed by atoms with E-state index in [4.69, 9.17) is 32.7 Å². The number of hydrogen-bond donors (Lipinski definition) is 1. The van der Waals surface area contributed by atoms with Gasteiger partial charge in [-0.1, -0.05) is 23.2 Å². The Kier molecular flexibility index (Phi) is 5.86.